The number of carboxylic acids is 1. The number of allylic oxidation sites excluding steroid dienone is 10. The third-order valence-corrected chi connectivity index (χ3v) is 18.5. The minimum absolute atomic E-state index is 0.0350. The maximum Gasteiger partial charge on any atom is 0.307 e. The van der Waals surface area contributed by atoms with Crippen LogP contribution in [-0.4, -0.2) is 46.6 Å². The Morgan fingerprint density at radius 3 is 1.39 bits per heavy atom. The first-order valence-electron chi connectivity index (χ1n) is 28.2. The number of carbonyl (C=O) groups is 2. The number of hydrogen-bond acceptors (Lipinski definition) is 5. The van der Waals surface area contributed by atoms with Crippen LogP contribution in [0.15, 0.2) is 69.9 Å². The molecule has 2 aliphatic heterocycles. The van der Waals surface area contributed by atoms with Crippen molar-refractivity contribution in [1.82, 2.24) is 0 Å². The number of rotatable bonds is 16. The third kappa shape index (κ3) is 18.1. The van der Waals surface area contributed by atoms with Gasteiger partial charge in [0.2, 0.25) is 0 Å². The predicted octanol–water partition coefficient (Wildman–Crippen LogP) is 18.0. The van der Waals surface area contributed by atoms with Crippen LogP contribution in [0.25, 0.3) is 0 Å². The van der Waals surface area contributed by atoms with Crippen molar-refractivity contribution in [3.8, 4) is 0 Å². The molecule has 0 bridgehead atoms. The molecule has 0 aromatic heterocycles. The van der Waals surface area contributed by atoms with Gasteiger partial charge in [0, 0.05) is 19.1 Å². The Kier molecular flexibility index (Phi) is 24.2. The number of ether oxygens (including phenoxy) is 2. The molecule has 2 heterocycles. The van der Waals surface area contributed by atoms with Crippen LogP contribution < -0.4 is 0 Å². The zero-order valence-electron chi connectivity index (χ0n) is 48.3. The van der Waals surface area contributed by atoms with Gasteiger partial charge in [0.25, 0.3) is 0 Å². The van der Waals surface area contributed by atoms with Crippen LogP contribution in [0, 0.1) is 45.3 Å². The summed E-state index contributed by atoms with van der Waals surface area (Å²) in [5.74, 6) is 2.20. The summed E-state index contributed by atoms with van der Waals surface area (Å²) in [4.78, 5) is 22.2. The van der Waals surface area contributed by atoms with Gasteiger partial charge in [0.15, 0.2) is 0 Å². The van der Waals surface area contributed by atoms with Gasteiger partial charge < -0.3 is 19.7 Å². The summed E-state index contributed by atoms with van der Waals surface area (Å²) in [5, 5.41) is 17.3. The van der Waals surface area contributed by atoms with Crippen molar-refractivity contribution in [2.75, 3.05) is 13.2 Å². The van der Waals surface area contributed by atoms with Gasteiger partial charge in [-0.05, 0) is 224 Å². The molecule has 8 atom stereocenters. The summed E-state index contributed by atoms with van der Waals surface area (Å²) >= 11 is 0. The molecule has 4 aliphatic carbocycles. The van der Waals surface area contributed by atoms with E-state index in [0.717, 1.165) is 87.7 Å². The number of aliphatic hydroxyl groups is 1. The summed E-state index contributed by atoms with van der Waals surface area (Å²) in [6, 6.07) is 0. The van der Waals surface area contributed by atoms with Crippen molar-refractivity contribution in [2.24, 2.45) is 45.3 Å². The molecule has 0 aromatic carbocycles. The van der Waals surface area contributed by atoms with Crippen LogP contribution in [0.4, 0.5) is 0 Å². The lowest BCUT2D eigenvalue weighted by molar-refractivity contribution is -0.164. The summed E-state index contributed by atoms with van der Waals surface area (Å²) < 4.78 is 11.8. The lowest BCUT2D eigenvalue weighted by atomic mass is 9.45. The predicted molar refractivity (Wildman–Crippen MR) is 297 cm³/mol. The molecule has 0 radical (unpaired) electrons. The monoisotopic (exact) mass is 973 g/mol. The highest BCUT2D eigenvalue weighted by molar-refractivity contribution is 5.73. The largest absolute Gasteiger partial charge is 0.481 e. The normalized spacial score (nSPS) is 32.1. The van der Waals surface area contributed by atoms with Gasteiger partial charge in [-0.3, -0.25) is 9.59 Å². The first kappa shape index (κ1) is 61.6. The quantitative estimate of drug-likeness (QED) is 0.118. The zero-order valence-corrected chi connectivity index (χ0v) is 48.3. The van der Waals surface area contributed by atoms with E-state index in [9.17, 15) is 9.59 Å². The molecule has 6 fully saturated rings. The Morgan fingerprint density at radius 2 is 0.943 bits per heavy atom. The van der Waals surface area contributed by atoms with E-state index in [4.69, 9.17) is 19.7 Å². The van der Waals surface area contributed by atoms with E-state index in [0.29, 0.717) is 34.0 Å². The molecule has 6 heteroatoms. The molecule has 6 nitrogen and oxygen atoms in total. The van der Waals surface area contributed by atoms with Crippen molar-refractivity contribution in [3.63, 3.8) is 0 Å². The number of aliphatic hydroxyl groups excluding tert-OH is 1. The number of aliphatic carboxylic acids is 1. The highest BCUT2D eigenvalue weighted by atomic mass is 16.6. The highest BCUT2D eigenvalue weighted by Crippen LogP contribution is 2.66. The Bertz CT molecular complexity index is 1860. The van der Waals surface area contributed by atoms with E-state index in [1.165, 1.54) is 98.5 Å². The lowest BCUT2D eigenvalue weighted by Gasteiger charge is -2.60. The average molecular weight is 974 g/mol. The van der Waals surface area contributed by atoms with Crippen LogP contribution in [-0.2, 0) is 19.1 Å². The topological polar surface area (TPSA) is 93.1 Å². The number of fused-ring (bicyclic) bond motifs is 6. The molecular formula is C64H108O6. The van der Waals surface area contributed by atoms with Crippen LogP contribution in [0.3, 0.4) is 0 Å². The fraction of sp³-hybridized carbons (Fsp3) is 0.781. The minimum Gasteiger partial charge on any atom is -0.481 e. The molecule has 2 unspecified atom stereocenters. The first-order chi connectivity index (χ1) is 32.6. The number of esters is 1. The van der Waals surface area contributed by atoms with Crippen LogP contribution >= 0.6 is 0 Å². The molecule has 70 heavy (non-hydrogen) atoms. The van der Waals surface area contributed by atoms with Crippen molar-refractivity contribution < 1.29 is 29.3 Å². The molecule has 0 spiro atoms. The molecular weight excluding hydrogens is 865 g/mol. The molecule has 4 saturated carbocycles. The molecule has 6 rings (SSSR count). The summed E-state index contributed by atoms with van der Waals surface area (Å²) in [7, 11) is 0. The van der Waals surface area contributed by atoms with E-state index in [1.54, 1.807) is 6.08 Å². The molecule has 2 N–H and O–H groups in total. The van der Waals surface area contributed by atoms with Gasteiger partial charge in [-0.15, -0.1) is 0 Å². The second kappa shape index (κ2) is 27.5. The smallest absolute Gasteiger partial charge is 0.307 e. The Balaban J connectivity index is 0.000000247. The van der Waals surface area contributed by atoms with Gasteiger partial charge in [0.1, 0.15) is 5.60 Å². The molecule has 400 valence electrons. The number of carbonyl (C=O) groups excluding carboxylic acids is 1. The fourth-order valence-electron chi connectivity index (χ4n) is 14.7. The van der Waals surface area contributed by atoms with Crippen molar-refractivity contribution in [2.45, 2.75) is 263 Å². The molecule has 2 saturated heterocycles. The second-order valence-corrected chi connectivity index (χ2v) is 26.0. The van der Waals surface area contributed by atoms with E-state index in [-0.39, 0.29) is 30.2 Å². The van der Waals surface area contributed by atoms with E-state index in [2.05, 4.69) is 134 Å². The SMILES string of the molecule is CC(C)=CCC/C(C)=C/CC/C(C)=C/CC(=O)O.CC(C)=CCC/C(C)=C/CC/C(C)=C/CCO.CC1(C)CCC[C@@]2(C)C1CC[C@@]1(C)OC(=O)C[C@@H]12.CC1(C)CCC[C@@]2(C)C1CC[C@@]1(C)OCC[C@@H]12. The van der Waals surface area contributed by atoms with Gasteiger partial charge in [0.05, 0.1) is 18.4 Å². The zero-order chi connectivity index (χ0) is 52.6. The van der Waals surface area contributed by atoms with Crippen molar-refractivity contribution >= 4 is 11.9 Å². The van der Waals surface area contributed by atoms with Gasteiger partial charge in [-0.1, -0.05) is 124 Å². The third-order valence-electron chi connectivity index (χ3n) is 18.5. The first-order valence-corrected chi connectivity index (χ1v) is 28.2. The Labute approximate surface area is 431 Å². The summed E-state index contributed by atoms with van der Waals surface area (Å²) in [5.41, 5.74) is 10.1. The van der Waals surface area contributed by atoms with Crippen LogP contribution in [0.5, 0.6) is 0 Å². The van der Waals surface area contributed by atoms with Gasteiger partial charge in [-0.2, -0.15) is 0 Å². The van der Waals surface area contributed by atoms with Crippen LogP contribution in [0.2, 0.25) is 0 Å². The minimum atomic E-state index is -0.761. The summed E-state index contributed by atoms with van der Waals surface area (Å²) in [6.45, 7) is 37.7. The van der Waals surface area contributed by atoms with E-state index in [1.807, 2.05) is 6.92 Å². The maximum absolute atomic E-state index is 11.8. The average Bonchev–Trinajstić information content (AvgIpc) is 3.81. The molecule has 0 amide bonds. The number of carboxylic acid groups (broad SMARTS) is 1. The maximum atomic E-state index is 11.8. The fourth-order valence-corrected chi connectivity index (χ4v) is 14.7. The van der Waals surface area contributed by atoms with Crippen molar-refractivity contribution in [3.05, 3.63) is 69.9 Å². The van der Waals surface area contributed by atoms with Gasteiger partial charge in [-0.25, -0.2) is 0 Å². The molecule has 0 aromatic rings. The van der Waals surface area contributed by atoms with Crippen LogP contribution in [0.1, 0.15) is 252 Å². The Morgan fingerprint density at radius 1 is 0.529 bits per heavy atom. The van der Waals surface area contributed by atoms with Crippen molar-refractivity contribution in [1.29, 1.82) is 0 Å². The highest BCUT2D eigenvalue weighted by Gasteiger charge is 2.63. The lowest BCUT2D eigenvalue weighted by Crippen LogP contribution is -2.55. The Hall–Kier alpha value is -2.70. The second-order valence-electron chi connectivity index (χ2n) is 26.0. The standard InChI is InChI=1S/2C16H26O2.2C16H28O/c1-14(2)7-5-8-15(3)11(14)6-9-16(4)12(15)10-13(17)18-16;1-13(2)7-5-8-14(3)9-6-10-15(4)11-12-16(17)18;1-14(2)8-5-9-15(3)12(14)6-10-16(4)13(15)7-11-17-16;1-14(2)8-5-9-15(3)10-6-11-16(4)12-7-13-17/h11-12H,5-10H2,1-4H3;7,9,11H,5-6,8,10,12H2,1-4H3,(H,17,18);12-13H,5-11H2,1-4H3;8,10,12,17H,5-7,9,11,13H2,1-4H3/b;14-9+,15-11+;;15-10+,16-12+/t11?,12-,15+,16-;;12?,13-,15+,16-;/m1.1./s1. The van der Waals surface area contributed by atoms with E-state index >= 15 is 0 Å². The number of hydrogen-bond donors (Lipinski definition) is 2. The molecule has 6 aliphatic rings. The van der Waals surface area contributed by atoms with E-state index < -0.39 is 5.97 Å². The summed E-state index contributed by atoms with van der Waals surface area (Å²) in [6.07, 6.45) is 37.9. The van der Waals surface area contributed by atoms with Gasteiger partial charge >= 0.3 is 11.9 Å².